The lowest BCUT2D eigenvalue weighted by molar-refractivity contribution is 1.40. The highest BCUT2D eigenvalue weighted by Gasteiger charge is 2.02. The van der Waals surface area contributed by atoms with Crippen LogP contribution in [0, 0.1) is 6.92 Å². The molecule has 2 rings (SSSR count). The maximum atomic E-state index is 5.57. The highest BCUT2D eigenvalue weighted by Crippen LogP contribution is 2.26. The van der Waals surface area contributed by atoms with Gasteiger partial charge in [-0.3, -0.25) is 0 Å². The van der Waals surface area contributed by atoms with Crippen LogP contribution in [0.25, 0.3) is 0 Å². The van der Waals surface area contributed by atoms with Gasteiger partial charge in [0.25, 0.3) is 0 Å². The Hall–Kier alpha value is -1.39. The fourth-order valence-electron chi connectivity index (χ4n) is 1.62. The second-order valence-electron chi connectivity index (χ2n) is 3.98. The summed E-state index contributed by atoms with van der Waals surface area (Å²) in [4.78, 5) is 0.417. The Morgan fingerprint density at radius 1 is 1.17 bits per heavy atom. The quantitative estimate of drug-likeness (QED) is 0.835. The van der Waals surface area contributed by atoms with Crippen LogP contribution in [-0.4, -0.2) is 4.99 Å². The molecule has 0 bridgehead atoms. The van der Waals surface area contributed by atoms with Crippen molar-refractivity contribution in [2.24, 2.45) is 5.73 Å². The average molecular weight is 321 g/mol. The van der Waals surface area contributed by atoms with Crippen LogP contribution in [0.5, 0.6) is 0 Å². The third-order valence-corrected chi connectivity index (χ3v) is 3.81. The molecule has 3 N–H and O–H groups in total. The highest BCUT2D eigenvalue weighted by atomic mass is 79.9. The summed E-state index contributed by atoms with van der Waals surface area (Å²) in [5, 5.41) is 3.37. The van der Waals surface area contributed by atoms with Gasteiger partial charge in [0, 0.05) is 21.4 Å². The lowest BCUT2D eigenvalue weighted by Crippen LogP contribution is -2.08. The Bertz CT molecular complexity index is 579. The molecule has 0 fully saturated rings. The van der Waals surface area contributed by atoms with Crippen molar-refractivity contribution < 1.29 is 0 Å². The fraction of sp³-hybridized carbons (Fsp3) is 0.0714. The zero-order valence-electron chi connectivity index (χ0n) is 9.91. The van der Waals surface area contributed by atoms with Gasteiger partial charge in [-0.2, -0.15) is 0 Å². The third kappa shape index (κ3) is 2.89. The molecule has 0 unspecified atom stereocenters. The number of halogens is 1. The summed E-state index contributed by atoms with van der Waals surface area (Å²) in [5.74, 6) is 0. The number of nitrogens with two attached hydrogens (primary N) is 1. The molecule has 0 amide bonds. The first-order valence-corrected chi connectivity index (χ1v) is 6.70. The fourth-order valence-corrected chi connectivity index (χ4v) is 2.12. The number of rotatable bonds is 3. The number of anilines is 2. The number of hydrogen-bond acceptors (Lipinski definition) is 2. The lowest BCUT2D eigenvalue weighted by Gasteiger charge is -2.11. The minimum Gasteiger partial charge on any atom is -0.389 e. The molecule has 4 heteroatoms. The van der Waals surface area contributed by atoms with Crippen LogP contribution in [0.4, 0.5) is 11.4 Å². The van der Waals surface area contributed by atoms with Crippen molar-refractivity contribution in [2.45, 2.75) is 6.92 Å². The first-order valence-electron chi connectivity index (χ1n) is 5.50. The molecule has 0 heterocycles. The molecule has 2 aromatic carbocycles. The van der Waals surface area contributed by atoms with Gasteiger partial charge in [-0.1, -0.05) is 34.2 Å². The van der Waals surface area contributed by atoms with E-state index in [0.717, 1.165) is 21.4 Å². The Kier molecular flexibility index (Phi) is 3.99. The topological polar surface area (TPSA) is 38.0 Å². The van der Waals surface area contributed by atoms with Crippen molar-refractivity contribution in [3.8, 4) is 0 Å². The lowest BCUT2D eigenvalue weighted by atomic mass is 10.1. The molecule has 0 aliphatic rings. The second kappa shape index (κ2) is 5.50. The summed E-state index contributed by atoms with van der Waals surface area (Å²) in [7, 11) is 0. The standard InChI is InChI=1S/C14H13BrN2S/c1-9-12(15)3-2-4-13(9)17-11-7-5-10(6-8-11)14(16)18/h2-8,17H,1H3,(H2,16,18). The van der Waals surface area contributed by atoms with E-state index in [4.69, 9.17) is 18.0 Å². The van der Waals surface area contributed by atoms with Crippen molar-refractivity contribution in [1.29, 1.82) is 0 Å². The van der Waals surface area contributed by atoms with Crippen molar-refractivity contribution in [1.82, 2.24) is 0 Å². The number of hydrogen-bond donors (Lipinski definition) is 2. The van der Waals surface area contributed by atoms with E-state index < -0.39 is 0 Å². The highest BCUT2D eigenvalue weighted by molar-refractivity contribution is 9.10. The van der Waals surface area contributed by atoms with Crippen LogP contribution in [0.3, 0.4) is 0 Å². The van der Waals surface area contributed by atoms with E-state index in [2.05, 4.69) is 28.2 Å². The van der Waals surface area contributed by atoms with Crippen LogP contribution in [-0.2, 0) is 0 Å². The van der Waals surface area contributed by atoms with E-state index in [1.807, 2.05) is 42.5 Å². The Morgan fingerprint density at radius 3 is 2.44 bits per heavy atom. The Balaban J connectivity index is 2.24. The zero-order valence-corrected chi connectivity index (χ0v) is 12.3. The van der Waals surface area contributed by atoms with Crippen molar-refractivity contribution in [2.75, 3.05) is 5.32 Å². The van der Waals surface area contributed by atoms with Gasteiger partial charge in [0.1, 0.15) is 4.99 Å². The van der Waals surface area contributed by atoms with E-state index in [1.165, 1.54) is 5.56 Å². The van der Waals surface area contributed by atoms with Gasteiger partial charge in [0.2, 0.25) is 0 Å². The molecular weight excluding hydrogens is 308 g/mol. The molecule has 0 aromatic heterocycles. The smallest absolute Gasteiger partial charge is 0.103 e. The van der Waals surface area contributed by atoms with E-state index in [-0.39, 0.29) is 0 Å². The summed E-state index contributed by atoms with van der Waals surface area (Å²) in [6, 6.07) is 13.8. The Morgan fingerprint density at radius 2 is 1.83 bits per heavy atom. The SMILES string of the molecule is Cc1c(Br)cccc1Nc1ccc(C(N)=S)cc1. The van der Waals surface area contributed by atoms with E-state index in [9.17, 15) is 0 Å². The molecule has 18 heavy (non-hydrogen) atoms. The predicted octanol–water partition coefficient (Wildman–Crippen LogP) is 4.14. The summed E-state index contributed by atoms with van der Waals surface area (Å²) in [5.41, 5.74) is 9.71. The maximum Gasteiger partial charge on any atom is 0.103 e. The van der Waals surface area contributed by atoms with Gasteiger partial charge in [-0.05, 0) is 48.9 Å². The van der Waals surface area contributed by atoms with Crippen LogP contribution in [0.1, 0.15) is 11.1 Å². The van der Waals surface area contributed by atoms with E-state index >= 15 is 0 Å². The number of thiocarbonyl (C=S) groups is 1. The third-order valence-electron chi connectivity index (χ3n) is 2.72. The normalized spacial score (nSPS) is 10.1. The van der Waals surface area contributed by atoms with Gasteiger partial charge >= 0.3 is 0 Å². The first-order chi connectivity index (χ1) is 8.58. The maximum absolute atomic E-state index is 5.57. The molecule has 0 spiro atoms. The number of nitrogens with one attached hydrogen (secondary N) is 1. The number of benzene rings is 2. The molecule has 0 saturated heterocycles. The first kappa shape index (κ1) is 13.1. The predicted molar refractivity (Wildman–Crippen MR) is 84.5 cm³/mol. The molecule has 92 valence electrons. The van der Waals surface area contributed by atoms with Gasteiger partial charge in [-0.25, -0.2) is 0 Å². The molecule has 0 aliphatic carbocycles. The monoisotopic (exact) mass is 320 g/mol. The van der Waals surface area contributed by atoms with Crippen LogP contribution >= 0.6 is 28.1 Å². The van der Waals surface area contributed by atoms with Crippen molar-refractivity contribution in [3.63, 3.8) is 0 Å². The molecule has 2 nitrogen and oxygen atoms in total. The zero-order chi connectivity index (χ0) is 13.1. The molecule has 0 aliphatic heterocycles. The summed E-state index contributed by atoms with van der Waals surface area (Å²) >= 11 is 8.44. The minimum absolute atomic E-state index is 0.417. The van der Waals surface area contributed by atoms with E-state index in [0.29, 0.717) is 4.99 Å². The van der Waals surface area contributed by atoms with Crippen molar-refractivity contribution in [3.05, 3.63) is 58.1 Å². The van der Waals surface area contributed by atoms with Gasteiger partial charge < -0.3 is 11.1 Å². The Labute approximate surface area is 120 Å². The molecule has 2 aromatic rings. The summed E-state index contributed by atoms with van der Waals surface area (Å²) < 4.78 is 1.09. The second-order valence-corrected chi connectivity index (χ2v) is 5.27. The van der Waals surface area contributed by atoms with Gasteiger partial charge in [0.05, 0.1) is 0 Å². The molecule has 0 saturated carbocycles. The minimum atomic E-state index is 0.417. The molecule has 0 radical (unpaired) electrons. The average Bonchev–Trinajstić information content (AvgIpc) is 2.36. The van der Waals surface area contributed by atoms with Gasteiger partial charge in [0.15, 0.2) is 0 Å². The molecular formula is C14H13BrN2S. The van der Waals surface area contributed by atoms with Crippen molar-refractivity contribution >= 4 is 44.5 Å². The van der Waals surface area contributed by atoms with Crippen LogP contribution < -0.4 is 11.1 Å². The van der Waals surface area contributed by atoms with Crippen LogP contribution in [0.2, 0.25) is 0 Å². The van der Waals surface area contributed by atoms with Gasteiger partial charge in [-0.15, -0.1) is 0 Å². The summed E-state index contributed by atoms with van der Waals surface area (Å²) in [6.45, 7) is 2.07. The van der Waals surface area contributed by atoms with Crippen LogP contribution in [0.15, 0.2) is 46.9 Å². The molecule has 0 atom stereocenters. The summed E-state index contributed by atoms with van der Waals surface area (Å²) in [6.07, 6.45) is 0. The largest absolute Gasteiger partial charge is 0.389 e. The van der Waals surface area contributed by atoms with E-state index in [1.54, 1.807) is 0 Å².